The number of para-hydroxylation sites is 1. The molecular weight excluding hydrogens is 223 g/mol. The number of fused-ring (bicyclic) bond motifs is 3. The van der Waals surface area contributed by atoms with Crippen molar-refractivity contribution < 1.29 is 5.02 Å². The molecule has 0 unspecified atom stereocenters. The minimum Gasteiger partial charge on any atom is -0.437 e. The SMILES string of the molecule is CB(O)N[C@H]1CCc2ccccc2-n2cccc21. The lowest BCUT2D eigenvalue weighted by atomic mass is 9.86. The lowest BCUT2D eigenvalue weighted by Crippen LogP contribution is -2.35. The summed E-state index contributed by atoms with van der Waals surface area (Å²) in [5.74, 6) is 0. The summed E-state index contributed by atoms with van der Waals surface area (Å²) in [6.45, 7) is 1.77. The van der Waals surface area contributed by atoms with Crippen molar-refractivity contribution in [3.63, 3.8) is 0 Å². The van der Waals surface area contributed by atoms with E-state index < -0.39 is 7.05 Å². The third-order valence-corrected chi connectivity index (χ3v) is 3.53. The van der Waals surface area contributed by atoms with E-state index in [9.17, 15) is 5.02 Å². The maximum atomic E-state index is 9.56. The van der Waals surface area contributed by atoms with E-state index in [1.54, 1.807) is 6.82 Å². The lowest BCUT2D eigenvalue weighted by molar-refractivity contribution is 0.502. The molecule has 1 aliphatic rings. The van der Waals surface area contributed by atoms with Crippen molar-refractivity contribution in [3.05, 3.63) is 53.9 Å². The fourth-order valence-electron chi connectivity index (χ4n) is 2.76. The van der Waals surface area contributed by atoms with Gasteiger partial charge in [0.15, 0.2) is 0 Å². The first-order valence-corrected chi connectivity index (χ1v) is 6.45. The largest absolute Gasteiger partial charge is 0.437 e. The predicted molar refractivity (Wildman–Crippen MR) is 73.8 cm³/mol. The Morgan fingerprint density at radius 1 is 1.28 bits per heavy atom. The van der Waals surface area contributed by atoms with Gasteiger partial charge in [-0.1, -0.05) is 18.2 Å². The number of hydrogen-bond donors (Lipinski definition) is 2. The zero-order valence-corrected chi connectivity index (χ0v) is 10.5. The Morgan fingerprint density at radius 3 is 2.94 bits per heavy atom. The molecule has 3 nitrogen and oxygen atoms in total. The van der Waals surface area contributed by atoms with Crippen LogP contribution < -0.4 is 5.23 Å². The number of aryl methyl sites for hydroxylation is 1. The van der Waals surface area contributed by atoms with Gasteiger partial charge >= 0.3 is 7.05 Å². The van der Waals surface area contributed by atoms with Crippen molar-refractivity contribution in [1.82, 2.24) is 9.79 Å². The van der Waals surface area contributed by atoms with Crippen LogP contribution in [-0.4, -0.2) is 16.6 Å². The molecule has 0 aliphatic carbocycles. The first-order chi connectivity index (χ1) is 8.75. The first-order valence-electron chi connectivity index (χ1n) is 6.45. The van der Waals surface area contributed by atoms with E-state index in [0.29, 0.717) is 0 Å². The fourth-order valence-corrected chi connectivity index (χ4v) is 2.76. The van der Waals surface area contributed by atoms with Crippen LogP contribution >= 0.6 is 0 Å². The maximum absolute atomic E-state index is 9.56. The molecule has 0 saturated carbocycles. The molecule has 2 heterocycles. The third-order valence-electron chi connectivity index (χ3n) is 3.53. The average Bonchev–Trinajstić information content (AvgIpc) is 2.78. The highest BCUT2D eigenvalue weighted by atomic mass is 16.2. The summed E-state index contributed by atoms with van der Waals surface area (Å²) >= 11 is 0. The normalized spacial score (nSPS) is 17.8. The van der Waals surface area contributed by atoms with Crippen molar-refractivity contribution in [3.8, 4) is 5.69 Å². The molecule has 1 aromatic carbocycles. The average molecular weight is 240 g/mol. The van der Waals surface area contributed by atoms with Gasteiger partial charge in [-0.25, -0.2) is 0 Å². The zero-order valence-electron chi connectivity index (χ0n) is 10.5. The van der Waals surface area contributed by atoms with E-state index in [1.165, 1.54) is 16.9 Å². The smallest absolute Gasteiger partial charge is 0.374 e. The molecule has 2 aromatic rings. The van der Waals surface area contributed by atoms with Gasteiger partial charge in [0.05, 0.1) is 0 Å². The molecule has 0 bridgehead atoms. The Balaban J connectivity index is 2.06. The van der Waals surface area contributed by atoms with Gasteiger partial charge in [-0.05, 0) is 43.4 Å². The molecular formula is C14H17BN2O. The summed E-state index contributed by atoms with van der Waals surface area (Å²) in [7, 11) is -0.487. The predicted octanol–water partition coefficient (Wildman–Crippen LogP) is 2.16. The molecule has 18 heavy (non-hydrogen) atoms. The molecule has 1 aromatic heterocycles. The Morgan fingerprint density at radius 2 is 2.11 bits per heavy atom. The van der Waals surface area contributed by atoms with Crippen LogP contribution in [0, 0.1) is 0 Å². The number of rotatable bonds is 2. The lowest BCUT2D eigenvalue weighted by Gasteiger charge is -2.18. The molecule has 1 atom stereocenters. The fraction of sp³-hybridized carbons (Fsp3) is 0.286. The second kappa shape index (κ2) is 4.63. The van der Waals surface area contributed by atoms with Gasteiger partial charge in [-0.3, -0.25) is 0 Å². The Labute approximate surface area is 108 Å². The molecule has 0 radical (unpaired) electrons. The zero-order chi connectivity index (χ0) is 12.5. The van der Waals surface area contributed by atoms with Crippen molar-refractivity contribution in [2.75, 3.05) is 0 Å². The molecule has 2 N–H and O–H groups in total. The Hall–Kier alpha value is -1.52. The van der Waals surface area contributed by atoms with E-state index in [4.69, 9.17) is 0 Å². The molecule has 92 valence electrons. The van der Waals surface area contributed by atoms with E-state index in [2.05, 4.69) is 52.4 Å². The van der Waals surface area contributed by atoms with Gasteiger partial charge in [0, 0.05) is 23.6 Å². The van der Waals surface area contributed by atoms with Crippen molar-refractivity contribution >= 4 is 7.05 Å². The minimum atomic E-state index is -0.487. The number of aromatic nitrogens is 1. The Kier molecular flexibility index (Phi) is 2.98. The minimum absolute atomic E-state index is 0.201. The Bertz CT molecular complexity index is 550. The highest BCUT2D eigenvalue weighted by Crippen LogP contribution is 2.29. The van der Waals surface area contributed by atoms with Gasteiger partial charge in [-0.15, -0.1) is 0 Å². The monoisotopic (exact) mass is 240 g/mol. The topological polar surface area (TPSA) is 37.2 Å². The maximum Gasteiger partial charge on any atom is 0.374 e. The van der Waals surface area contributed by atoms with Crippen molar-refractivity contribution in [2.24, 2.45) is 0 Å². The van der Waals surface area contributed by atoms with Crippen LogP contribution in [0.4, 0.5) is 0 Å². The van der Waals surface area contributed by atoms with Gasteiger partial charge < -0.3 is 14.8 Å². The van der Waals surface area contributed by atoms with E-state index >= 15 is 0 Å². The van der Waals surface area contributed by atoms with Crippen LogP contribution in [0.2, 0.25) is 6.82 Å². The highest BCUT2D eigenvalue weighted by molar-refractivity contribution is 6.45. The van der Waals surface area contributed by atoms with Crippen molar-refractivity contribution in [2.45, 2.75) is 25.7 Å². The van der Waals surface area contributed by atoms with Crippen LogP contribution in [-0.2, 0) is 6.42 Å². The van der Waals surface area contributed by atoms with Gasteiger partial charge in [0.1, 0.15) is 0 Å². The van der Waals surface area contributed by atoms with Crippen LogP contribution in [0.15, 0.2) is 42.6 Å². The van der Waals surface area contributed by atoms with Crippen LogP contribution in [0.3, 0.4) is 0 Å². The summed E-state index contributed by atoms with van der Waals surface area (Å²) < 4.78 is 2.22. The van der Waals surface area contributed by atoms with E-state index in [1.807, 2.05) is 0 Å². The third kappa shape index (κ3) is 1.98. The second-order valence-corrected chi connectivity index (χ2v) is 4.87. The van der Waals surface area contributed by atoms with E-state index in [0.717, 1.165) is 12.8 Å². The van der Waals surface area contributed by atoms with Gasteiger partial charge in [-0.2, -0.15) is 0 Å². The molecule has 4 heteroatoms. The number of hydrogen-bond acceptors (Lipinski definition) is 2. The molecule has 0 spiro atoms. The van der Waals surface area contributed by atoms with Gasteiger partial charge in [0.25, 0.3) is 0 Å². The number of benzene rings is 1. The molecule has 0 amide bonds. The number of nitrogens with one attached hydrogen (secondary N) is 1. The summed E-state index contributed by atoms with van der Waals surface area (Å²) in [6.07, 6.45) is 4.13. The van der Waals surface area contributed by atoms with Crippen LogP contribution in [0.5, 0.6) is 0 Å². The van der Waals surface area contributed by atoms with Crippen LogP contribution in [0.25, 0.3) is 5.69 Å². The molecule has 1 aliphatic heterocycles. The van der Waals surface area contributed by atoms with E-state index in [-0.39, 0.29) is 6.04 Å². The quantitative estimate of drug-likeness (QED) is 0.789. The molecule has 0 fully saturated rings. The molecule has 0 saturated heterocycles. The van der Waals surface area contributed by atoms with Crippen LogP contribution in [0.1, 0.15) is 23.7 Å². The highest BCUT2D eigenvalue weighted by Gasteiger charge is 2.23. The summed E-state index contributed by atoms with van der Waals surface area (Å²) in [5, 5.41) is 12.8. The number of nitrogens with zero attached hydrogens (tertiary/aromatic N) is 1. The van der Waals surface area contributed by atoms with Crippen molar-refractivity contribution in [1.29, 1.82) is 0 Å². The summed E-state index contributed by atoms with van der Waals surface area (Å²) in [5.41, 5.74) is 3.85. The summed E-state index contributed by atoms with van der Waals surface area (Å²) in [4.78, 5) is 0. The molecule has 3 rings (SSSR count). The summed E-state index contributed by atoms with van der Waals surface area (Å²) in [6, 6.07) is 12.9. The first kappa shape index (κ1) is 11.6. The standard InChI is InChI=1S/C14H17BN2O/c1-15(18)16-12-9-8-11-5-2-3-6-13(11)17-10-4-7-14(12)17/h2-7,10,12,16,18H,8-9H2,1H3/t12-/m0/s1. The second-order valence-electron chi connectivity index (χ2n) is 4.87. The van der Waals surface area contributed by atoms with Gasteiger partial charge in [0.2, 0.25) is 0 Å².